The first-order chi connectivity index (χ1) is 8.97. The fourth-order valence-corrected chi connectivity index (χ4v) is 3.05. The van der Waals surface area contributed by atoms with Crippen LogP contribution in [0.2, 0.25) is 5.02 Å². The van der Waals surface area contributed by atoms with Crippen molar-refractivity contribution >= 4 is 21.6 Å². The second kappa shape index (κ2) is 7.81. The molecule has 0 aliphatic heterocycles. The molecule has 0 radical (unpaired) electrons. The molecule has 5 nitrogen and oxygen atoms in total. The molecule has 0 aliphatic carbocycles. The number of sulfonamides is 1. The Morgan fingerprint density at radius 2 is 2.00 bits per heavy atom. The Kier molecular flexibility index (Phi) is 6.74. The third-order valence-corrected chi connectivity index (χ3v) is 4.36. The number of halogens is 1. The molecule has 0 spiro atoms. The maximum absolute atomic E-state index is 12.0. The van der Waals surface area contributed by atoms with Gasteiger partial charge in [0.05, 0.1) is 11.5 Å². The van der Waals surface area contributed by atoms with Crippen molar-refractivity contribution in [1.82, 2.24) is 10.0 Å². The minimum Gasteiger partial charge on any atom is -0.383 e. The first-order valence-corrected chi connectivity index (χ1v) is 7.79. The minimum absolute atomic E-state index is 0.258. The largest absolute Gasteiger partial charge is 0.383 e. The number of hydrogen-bond donors (Lipinski definition) is 2. The van der Waals surface area contributed by atoms with Crippen LogP contribution < -0.4 is 10.0 Å². The average molecular weight is 307 g/mol. The van der Waals surface area contributed by atoms with Gasteiger partial charge in [0, 0.05) is 31.8 Å². The summed E-state index contributed by atoms with van der Waals surface area (Å²) in [7, 11) is -1.86. The summed E-state index contributed by atoms with van der Waals surface area (Å²) in [5.74, 6) is 0. The topological polar surface area (TPSA) is 67.4 Å². The van der Waals surface area contributed by atoms with Crippen LogP contribution in [0.4, 0.5) is 0 Å². The predicted octanol–water partition coefficient (Wildman–Crippen LogP) is 1.16. The van der Waals surface area contributed by atoms with Crippen LogP contribution in [0.3, 0.4) is 0 Å². The van der Waals surface area contributed by atoms with Crippen molar-refractivity contribution in [3.8, 4) is 0 Å². The zero-order chi connectivity index (χ0) is 14.3. The first kappa shape index (κ1) is 16.4. The molecule has 0 atom stereocenters. The van der Waals surface area contributed by atoms with Gasteiger partial charge in [0.25, 0.3) is 0 Å². The van der Waals surface area contributed by atoms with E-state index >= 15 is 0 Å². The van der Waals surface area contributed by atoms with E-state index in [9.17, 15) is 8.42 Å². The number of ether oxygens (including phenoxy) is 1. The van der Waals surface area contributed by atoms with Gasteiger partial charge in [0.15, 0.2) is 0 Å². The zero-order valence-corrected chi connectivity index (χ0v) is 12.6. The quantitative estimate of drug-likeness (QED) is 0.707. The van der Waals surface area contributed by atoms with Gasteiger partial charge in [0.1, 0.15) is 0 Å². The van der Waals surface area contributed by atoms with Gasteiger partial charge in [-0.25, -0.2) is 13.1 Å². The van der Waals surface area contributed by atoms with Gasteiger partial charge in [-0.05, 0) is 30.7 Å². The van der Waals surface area contributed by atoms with Crippen molar-refractivity contribution in [3.05, 3.63) is 28.8 Å². The van der Waals surface area contributed by atoms with Crippen LogP contribution in [0.1, 0.15) is 5.56 Å². The molecular weight excluding hydrogens is 288 g/mol. The van der Waals surface area contributed by atoms with Crippen molar-refractivity contribution < 1.29 is 13.2 Å². The SMILES string of the molecule is COCCNCCNS(=O)(=O)c1ccc(Cl)cc1C. The molecule has 0 saturated heterocycles. The lowest BCUT2D eigenvalue weighted by atomic mass is 10.2. The predicted molar refractivity (Wildman–Crippen MR) is 76.1 cm³/mol. The summed E-state index contributed by atoms with van der Waals surface area (Å²) in [5, 5.41) is 3.59. The van der Waals surface area contributed by atoms with E-state index in [4.69, 9.17) is 16.3 Å². The third-order valence-electron chi connectivity index (χ3n) is 2.50. The smallest absolute Gasteiger partial charge is 0.240 e. The van der Waals surface area contributed by atoms with Crippen LogP contribution in [-0.4, -0.2) is 41.8 Å². The van der Waals surface area contributed by atoms with Gasteiger partial charge in [-0.2, -0.15) is 0 Å². The molecule has 108 valence electrons. The van der Waals surface area contributed by atoms with Gasteiger partial charge >= 0.3 is 0 Å². The molecule has 1 aromatic carbocycles. The molecule has 7 heteroatoms. The van der Waals surface area contributed by atoms with E-state index in [1.165, 1.54) is 6.07 Å². The van der Waals surface area contributed by atoms with Crippen LogP contribution >= 0.6 is 11.6 Å². The molecule has 2 N–H and O–H groups in total. The monoisotopic (exact) mass is 306 g/mol. The molecule has 1 aromatic rings. The summed E-state index contributed by atoms with van der Waals surface area (Å²) in [5.41, 5.74) is 0.632. The lowest BCUT2D eigenvalue weighted by Crippen LogP contribution is -2.33. The van der Waals surface area contributed by atoms with Crippen molar-refractivity contribution in [2.24, 2.45) is 0 Å². The highest BCUT2D eigenvalue weighted by atomic mass is 35.5. The first-order valence-electron chi connectivity index (χ1n) is 5.93. The van der Waals surface area contributed by atoms with Crippen molar-refractivity contribution in [3.63, 3.8) is 0 Å². The highest BCUT2D eigenvalue weighted by Gasteiger charge is 2.15. The van der Waals surface area contributed by atoms with Crippen LogP contribution in [0.15, 0.2) is 23.1 Å². The molecule has 0 bridgehead atoms. The summed E-state index contributed by atoms with van der Waals surface area (Å²) in [6, 6.07) is 4.71. The summed E-state index contributed by atoms with van der Waals surface area (Å²) in [6.07, 6.45) is 0. The van der Waals surface area contributed by atoms with Gasteiger partial charge in [-0.15, -0.1) is 0 Å². The fraction of sp³-hybridized carbons (Fsp3) is 0.500. The maximum Gasteiger partial charge on any atom is 0.240 e. The Morgan fingerprint density at radius 1 is 1.26 bits per heavy atom. The average Bonchev–Trinajstić information content (AvgIpc) is 2.33. The molecule has 19 heavy (non-hydrogen) atoms. The maximum atomic E-state index is 12.0. The fourth-order valence-electron chi connectivity index (χ4n) is 1.57. The third kappa shape index (κ3) is 5.46. The second-order valence-electron chi connectivity index (χ2n) is 4.05. The number of rotatable bonds is 8. The minimum atomic E-state index is -3.48. The van der Waals surface area contributed by atoms with E-state index in [0.717, 1.165) is 0 Å². The van der Waals surface area contributed by atoms with E-state index in [1.807, 2.05) is 0 Å². The lowest BCUT2D eigenvalue weighted by Gasteiger charge is -2.10. The van der Waals surface area contributed by atoms with E-state index in [2.05, 4.69) is 10.0 Å². The number of methoxy groups -OCH3 is 1. The van der Waals surface area contributed by atoms with E-state index < -0.39 is 10.0 Å². The number of benzene rings is 1. The molecule has 0 saturated carbocycles. The van der Waals surface area contributed by atoms with Crippen molar-refractivity contribution in [2.75, 3.05) is 33.4 Å². The molecule has 1 rings (SSSR count). The standard InChI is InChI=1S/C12H19ClN2O3S/c1-10-9-11(13)3-4-12(10)19(16,17)15-6-5-14-7-8-18-2/h3-4,9,14-15H,5-8H2,1-2H3. The number of hydrogen-bond acceptors (Lipinski definition) is 4. The van der Waals surface area contributed by atoms with Crippen molar-refractivity contribution in [1.29, 1.82) is 0 Å². The summed E-state index contributed by atoms with van der Waals surface area (Å²) in [6.45, 7) is 3.89. The van der Waals surface area contributed by atoms with E-state index in [-0.39, 0.29) is 4.90 Å². The highest BCUT2D eigenvalue weighted by Crippen LogP contribution is 2.19. The zero-order valence-electron chi connectivity index (χ0n) is 11.1. The molecular formula is C12H19ClN2O3S. The van der Waals surface area contributed by atoms with E-state index in [1.54, 1.807) is 26.2 Å². The van der Waals surface area contributed by atoms with Crippen molar-refractivity contribution in [2.45, 2.75) is 11.8 Å². The number of aryl methyl sites for hydroxylation is 1. The van der Waals surface area contributed by atoms with Gasteiger partial charge in [0.2, 0.25) is 10.0 Å². The molecule has 0 aliphatic rings. The Labute approximate surface area is 119 Å². The van der Waals surface area contributed by atoms with Crippen LogP contribution in [0.5, 0.6) is 0 Å². The normalized spacial score (nSPS) is 11.7. The lowest BCUT2D eigenvalue weighted by molar-refractivity contribution is 0.199. The summed E-state index contributed by atoms with van der Waals surface area (Å²) >= 11 is 5.81. The molecule has 0 fully saturated rings. The summed E-state index contributed by atoms with van der Waals surface area (Å²) in [4.78, 5) is 0.258. The molecule has 0 unspecified atom stereocenters. The summed E-state index contributed by atoms with van der Waals surface area (Å²) < 4.78 is 31.5. The second-order valence-corrected chi connectivity index (χ2v) is 6.22. The molecule has 0 heterocycles. The Bertz CT molecular complexity index is 506. The van der Waals surface area contributed by atoms with Gasteiger partial charge < -0.3 is 10.1 Å². The van der Waals surface area contributed by atoms with Crippen LogP contribution in [0, 0.1) is 6.92 Å². The molecule has 0 amide bonds. The molecule has 0 aromatic heterocycles. The van der Waals surface area contributed by atoms with Crippen LogP contribution in [-0.2, 0) is 14.8 Å². The number of nitrogens with one attached hydrogen (secondary N) is 2. The highest BCUT2D eigenvalue weighted by molar-refractivity contribution is 7.89. The Hall–Kier alpha value is -0.660. The van der Waals surface area contributed by atoms with Gasteiger partial charge in [-0.3, -0.25) is 0 Å². The van der Waals surface area contributed by atoms with Crippen LogP contribution in [0.25, 0.3) is 0 Å². The Balaban J connectivity index is 2.52. The van der Waals surface area contributed by atoms with Gasteiger partial charge in [-0.1, -0.05) is 11.6 Å². The Morgan fingerprint density at radius 3 is 2.63 bits per heavy atom. The van der Waals surface area contributed by atoms with E-state index in [0.29, 0.717) is 36.8 Å².